The van der Waals surface area contributed by atoms with E-state index in [4.69, 9.17) is 9.47 Å². The third kappa shape index (κ3) is 5.26. The number of thiophene rings is 1. The number of amides is 1. The number of nitrogens with one attached hydrogen (secondary N) is 1. The molecule has 2 heterocycles. The zero-order chi connectivity index (χ0) is 23.4. The van der Waals surface area contributed by atoms with Crippen LogP contribution >= 0.6 is 23.1 Å². The molecule has 0 aliphatic rings. The van der Waals surface area contributed by atoms with Crippen LogP contribution in [0.2, 0.25) is 0 Å². The number of hydrogen-bond acceptors (Lipinski definition) is 7. The van der Waals surface area contributed by atoms with E-state index in [1.165, 1.54) is 41.6 Å². The third-order valence-electron chi connectivity index (χ3n) is 4.98. The summed E-state index contributed by atoms with van der Waals surface area (Å²) in [6.45, 7) is 2.22. The molecule has 9 heteroatoms. The topological polar surface area (TPSA) is 73.3 Å². The van der Waals surface area contributed by atoms with E-state index in [2.05, 4.69) is 15.3 Å². The van der Waals surface area contributed by atoms with Crippen LogP contribution in [0.4, 0.5) is 4.39 Å². The smallest absolute Gasteiger partial charge is 0.233 e. The van der Waals surface area contributed by atoms with Gasteiger partial charge in [-0.25, -0.2) is 14.4 Å². The van der Waals surface area contributed by atoms with E-state index >= 15 is 0 Å². The third-order valence-corrected chi connectivity index (χ3v) is 7.39. The molecule has 4 rings (SSSR count). The number of rotatable bonds is 8. The highest BCUT2D eigenvalue weighted by Gasteiger charge is 2.19. The van der Waals surface area contributed by atoms with E-state index in [0.717, 1.165) is 31.2 Å². The highest BCUT2D eigenvalue weighted by molar-refractivity contribution is 8.00. The maximum Gasteiger partial charge on any atom is 0.233 e. The molecule has 1 atom stereocenters. The van der Waals surface area contributed by atoms with Crippen LogP contribution in [0.3, 0.4) is 0 Å². The molecular formula is C24H22FN3O3S2. The van der Waals surface area contributed by atoms with Gasteiger partial charge in [-0.15, -0.1) is 11.3 Å². The van der Waals surface area contributed by atoms with Gasteiger partial charge in [0.2, 0.25) is 5.91 Å². The number of nitrogens with zero attached hydrogens (tertiary/aromatic N) is 2. The first-order valence-electron chi connectivity index (χ1n) is 10.1. The number of thioether (sulfide) groups is 1. The lowest BCUT2D eigenvalue weighted by Crippen LogP contribution is -2.30. The molecule has 33 heavy (non-hydrogen) atoms. The number of methoxy groups -OCH3 is 2. The Balaban J connectivity index is 1.45. The number of halogens is 1. The number of carbonyl (C=O) groups excluding carboxylic acids is 1. The van der Waals surface area contributed by atoms with Crippen LogP contribution in [0.5, 0.6) is 11.5 Å². The fraction of sp³-hybridized carbons (Fsp3) is 0.208. The van der Waals surface area contributed by atoms with Gasteiger partial charge in [0.05, 0.1) is 29.7 Å². The number of fused-ring (bicyclic) bond motifs is 1. The van der Waals surface area contributed by atoms with E-state index in [9.17, 15) is 9.18 Å². The van der Waals surface area contributed by atoms with Crippen molar-refractivity contribution in [2.45, 2.75) is 23.7 Å². The Morgan fingerprint density at radius 1 is 1.09 bits per heavy atom. The summed E-state index contributed by atoms with van der Waals surface area (Å²) in [7, 11) is 3.16. The van der Waals surface area contributed by atoms with Crippen LogP contribution in [0.1, 0.15) is 12.5 Å². The number of benzene rings is 2. The number of carbonyl (C=O) groups is 1. The van der Waals surface area contributed by atoms with Crippen molar-refractivity contribution < 1.29 is 18.7 Å². The molecule has 0 spiro atoms. The van der Waals surface area contributed by atoms with E-state index in [1.54, 1.807) is 26.4 Å². The molecule has 1 unspecified atom stereocenters. The van der Waals surface area contributed by atoms with E-state index in [-0.39, 0.29) is 17.0 Å². The predicted octanol–water partition coefficient (Wildman–Crippen LogP) is 5.31. The minimum Gasteiger partial charge on any atom is -0.493 e. The van der Waals surface area contributed by atoms with Gasteiger partial charge in [0.15, 0.2) is 11.5 Å². The first kappa shape index (κ1) is 23.0. The Morgan fingerprint density at radius 3 is 2.58 bits per heavy atom. The lowest BCUT2D eigenvalue weighted by atomic mass is 10.2. The van der Waals surface area contributed by atoms with Gasteiger partial charge in [0.25, 0.3) is 0 Å². The second kappa shape index (κ2) is 10.2. The van der Waals surface area contributed by atoms with Crippen molar-refractivity contribution in [2.75, 3.05) is 14.2 Å². The maximum atomic E-state index is 13.3. The van der Waals surface area contributed by atoms with E-state index in [0.29, 0.717) is 18.0 Å². The van der Waals surface area contributed by atoms with Crippen molar-refractivity contribution in [1.29, 1.82) is 0 Å². The Kier molecular flexibility index (Phi) is 7.10. The Labute approximate surface area is 199 Å². The lowest BCUT2D eigenvalue weighted by molar-refractivity contribution is -0.120. The summed E-state index contributed by atoms with van der Waals surface area (Å²) in [5, 5.41) is 3.34. The molecule has 2 aromatic heterocycles. The summed E-state index contributed by atoms with van der Waals surface area (Å²) in [6.07, 6.45) is 1.50. The fourth-order valence-corrected chi connectivity index (χ4v) is 5.33. The molecular weight excluding hydrogens is 461 g/mol. The first-order chi connectivity index (χ1) is 16.0. The largest absolute Gasteiger partial charge is 0.493 e. The molecule has 0 radical (unpaired) electrons. The van der Waals surface area contributed by atoms with Gasteiger partial charge in [0.1, 0.15) is 17.2 Å². The molecule has 170 valence electrons. The number of hydrogen-bond donors (Lipinski definition) is 1. The van der Waals surface area contributed by atoms with Crippen LogP contribution in [0.15, 0.2) is 59.9 Å². The van der Waals surface area contributed by atoms with Gasteiger partial charge in [-0.05, 0) is 48.4 Å². The van der Waals surface area contributed by atoms with Gasteiger partial charge < -0.3 is 14.8 Å². The monoisotopic (exact) mass is 483 g/mol. The second-order valence-corrected chi connectivity index (χ2v) is 9.56. The summed E-state index contributed by atoms with van der Waals surface area (Å²) in [6, 6.07) is 13.8. The van der Waals surface area contributed by atoms with Gasteiger partial charge in [-0.1, -0.05) is 30.0 Å². The van der Waals surface area contributed by atoms with Crippen LogP contribution in [-0.2, 0) is 11.3 Å². The van der Waals surface area contributed by atoms with Gasteiger partial charge in [0, 0.05) is 11.4 Å². The van der Waals surface area contributed by atoms with Gasteiger partial charge in [-0.3, -0.25) is 4.79 Å². The molecule has 0 bridgehead atoms. The average Bonchev–Trinajstić information content (AvgIpc) is 3.28. The fourth-order valence-electron chi connectivity index (χ4n) is 3.22. The lowest BCUT2D eigenvalue weighted by Gasteiger charge is -2.13. The molecule has 0 fully saturated rings. The first-order valence-corrected chi connectivity index (χ1v) is 11.8. The van der Waals surface area contributed by atoms with Crippen LogP contribution in [-0.4, -0.2) is 35.3 Å². The quantitative estimate of drug-likeness (QED) is 0.270. The van der Waals surface area contributed by atoms with E-state index < -0.39 is 0 Å². The molecule has 0 saturated carbocycles. The highest BCUT2D eigenvalue weighted by atomic mass is 32.2. The Bertz CT molecular complexity index is 1280. The van der Waals surface area contributed by atoms with Crippen LogP contribution in [0.25, 0.3) is 20.7 Å². The molecule has 0 aliphatic heterocycles. The SMILES string of the molecule is COc1ccc(CNC(=O)C(C)Sc2ncnc3cc(-c4ccc(F)cc4)sc23)cc1OC. The van der Waals surface area contributed by atoms with Gasteiger partial charge >= 0.3 is 0 Å². The Hall–Kier alpha value is -3.17. The molecule has 0 aliphatic carbocycles. The zero-order valence-corrected chi connectivity index (χ0v) is 19.9. The van der Waals surface area contributed by atoms with Crippen molar-refractivity contribution in [1.82, 2.24) is 15.3 Å². The molecule has 2 aromatic carbocycles. The van der Waals surface area contributed by atoms with Crippen molar-refractivity contribution in [3.8, 4) is 21.9 Å². The minimum absolute atomic E-state index is 0.100. The normalized spacial score (nSPS) is 11.9. The standard InChI is InChI=1S/C24H22FN3O3S2/c1-14(23(29)26-12-15-4-9-19(30-2)20(10-15)31-3)32-24-22-18(27-13-28-24)11-21(33-22)16-5-7-17(25)8-6-16/h4-11,13-14H,12H2,1-3H3,(H,26,29). The van der Waals surface area contributed by atoms with Gasteiger partial charge in [-0.2, -0.15) is 0 Å². The van der Waals surface area contributed by atoms with Crippen LogP contribution < -0.4 is 14.8 Å². The molecule has 1 amide bonds. The van der Waals surface area contributed by atoms with Crippen molar-refractivity contribution in [2.24, 2.45) is 0 Å². The molecule has 4 aromatic rings. The van der Waals surface area contributed by atoms with Crippen LogP contribution in [0, 0.1) is 5.82 Å². The summed E-state index contributed by atoms with van der Waals surface area (Å²) < 4.78 is 24.7. The predicted molar refractivity (Wildman–Crippen MR) is 130 cm³/mol. The summed E-state index contributed by atoms with van der Waals surface area (Å²) in [4.78, 5) is 22.5. The zero-order valence-electron chi connectivity index (χ0n) is 18.3. The maximum absolute atomic E-state index is 13.3. The second-order valence-electron chi connectivity index (χ2n) is 7.18. The summed E-state index contributed by atoms with van der Waals surface area (Å²) in [5.41, 5.74) is 2.62. The van der Waals surface area contributed by atoms with Crippen molar-refractivity contribution >= 4 is 39.2 Å². The number of ether oxygens (including phenoxy) is 2. The molecule has 6 nitrogen and oxygen atoms in total. The molecule has 0 saturated heterocycles. The van der Waals surface area contributed by atoms with Crippen molar-refractivity contribution in [3.63, 3.8) is 0 Å². The average molecular weight is 484 g/mol. The summed E-state index contributed by atoms with van der Waals surface area (Å²) in [5.74, 6) is 0.880. The molecule has 1 N–H and O–H groups in total. The Morgan fingerprint density at radius 2 is 1.85 bits per heavy atom. The number of aromatic nitrogens is 2. The highest BCUT2D eigenvalue weighted by Crippen LogP contribution is 2.38. The van der Waals surface area contributed by atoms with Crippen molar-refractivity contribution in [3.05, 3.63) is 66.2 Å². The minimum atomic E-state index is -0.361. The summed E-state index contributed by atoms with van der Waals surface area (Å²) >= 11 is 2.91. The van der Waals surface area contributed by atoms with E-state index in [1.807, 2.05) is 31.2 Å².